The normalized spacial score (nSPS) is 14.6. The van der Waals surface area contributed by atoms with E-state index in [9.17, 15) is 9.59 Å². The third-order valence-electron chi connectivity index (χ3n) is 5.06. The number of carbonyl (C=O) groups is 1. The van der Waals surface area contributed by atoms with Gasteiger partial charge in [0.1, 0.15) is 12.1 Å². The standard InChI is InChI=1S/C19H25N5O2/c1-14-5-4-6-18(26)24(14)8-7-17(25)22-9-11-23(12-10-22)19-15(2)16(3)20-13-21-19/h4-6,13H,7-12H2,1-3H3. The van der Waals surface area contributed by atoms with E-state index in [4.69, 9.17) is 0 Å². The first-order valence-electron chi connectivity index (χ1n) is 8.94. The van der Waals surface area contributed by atoms with Gasteiger partial charge in [-0.25, -0.2) is 9.97 Å². The van der Waals surface area contributed by atoms with E-state index in [0.29, 0.717) is 26.1 Å². The number of amides is 1. The van der Waals surface area contributed by atoms with Gasteiger partial charge in [-0.15, -0.1) is 0 Å². The molecular formula is C19H25N5O2. The van der Waals surface area contributed by atoms with Crippen LogP contribution in [-0.4, -0.2) is 51.5 Å². The summed E-state index contributed by atoms with van der Waals surface area (Å²) >= 11 is 0. The number of aromatic nitrogens is 3. The topological polar surface area (TPSA) is 71.3 Å². The summed E-state index contributed by atoms with van der Waals surface area (Å²) < 4.78 is 1.65. The molecule has 0 atom stereocenters. The molecular weight excluding hydrogens is 330 g/mol. The first-order chi connectivity index (χ1) is 12.5. The van der Waals surface area contributed by atoms with Gasteiger partial charge < -0.3 is 14.4 Å². The van der Waals surface area contributed by atoms with Gasteiger partial charge in [0.05, 0.1) is 0 Å². The average molecular weight is 355 g/mol. The minimum Gasteiger partial charge on any atom is -0.353 e. The lowest BCUT2D eigenvalue weighted by atomic mass is 10.2. The minimum absolute atomic E-state index is 0.0581. The van der Waals surface area contributed by atoms with Crippen LogP contribution in [0.5, 0.6) is 0 Å². The molecule has 2 aromatic heterocycles. The number of hydrogen-bond donors (Lipinski definition) is 0. The molecule has 3 rings (SSSR count). The van der Waals surface area contributed by atoms with Crippen molar-refractivity contribution in [1.29, 1.82) is 0 Å². The van der Waals surface area contributed by atoms with Gasteiger partial charge in [0.25, 0.3) is 5.56 Å². The fourth-order valence-corrected chi connectivity index (χ4v) is 3.29. The van der Waals surface area contributed by atoms with Crippen LogP contribution >= 0.6 is 0 Å². The molecule has 7 nitrogen and oxygen atoms in total. The summed E-state index contributed by atoms with van der Waals surface area (Å²) in [5.74, 6) is 1.05. The molecule has 0 N–H and O–H groups in total. The summed E-state index contributed by atoms with van der Waals surface area (Å²) in [6.07, 6.45) is 1.94. The van der Waals surface area contributed by atoms with E-state index in [1.807, 2.05) is 31.7 Å². The number of piperazine rings is 1. The van der Waals surface area contributed by atoms with Crippen molar-refractivity contribution >= 4 is 11.7 Å². The Morgan fingerprint density at radius 1 is 1.08 bits per heavy atom. The maximum atomic E-state index is 12.5. The highest BCUT2D eigenvalue weighted by Crippen LogP contribution is 2.19. The van der Waals surface area contributed by atoms with E-state index in [-0.39, 0.29) is 11.5 Å². The van der Waals surface area contributed by atoms with Gasteiger partial charge in [0.2, 0.25) is 5.91 Å². The number of aryl methyl sites for hydroxylation is 2. The zero-order valence-electron chi connectivity index (χ0n) is 15.6. The summed E-state index contributed by atoms with van der Waals surface area (Å²) in [6.45, 7) is 9.18. The van der Waals surface area contributed by atoms with E-state index in [1.54, 1.807) is 17.0 Å². The molecule has 0 spiro atoms. The molecule has 1 aliphatic rings. The van der Waals surface area contributed by atoms with E-state index >= 15 is 0 Å². The highest BCUT2D eigenvalue weighted by Gasteiger charge is 2.23. The maximum Gasteiger partial charge on any atom is 0.250 e. The van der Waals surface area contributed by atoms with E-state index in [2.05, 4.69) is 14.9 Å². The summed E-state index contributed by atoms with van der Waals surface area (Å²) in [4.78, 5) is 37.1. The Morgan fingerprint density at radius 3 is 2.50 bits per heavy atom. The van der Waals surface area contributed by atoms with Crippen molar-refractivity contribution < 1.29 is 4.79 Å². The summed E-state index contributed by atoms with van der Waals surface area (Å²) in [7, 11) is 0. The molecule has 26 heavy (non-hydrogen) atoms. The number of carbonyl (C=O) groups excluding carboxylic acids is 1. The van der Waals surface area contributed by atoms with Crippen molar-refractivity contribution in [2.45, 2.75) is 33.7 Å². The smallest absolute Gasteiger partial charge is 0.250 e. The van der Waals surface area contributed by atoms with E-state index < -0.39 is 0 Å². The highest BCUT2D eigenvalue weighted by molar-refractivity contribution is 5.76. The van der Waals surface area contributed by atoms with Crippen molar-refractivity contribution in [2.75, 3.05) is 31.1 Å². The molecule has 1 amide bonds. The molecule has 0 bridgehead atoms. The van der Waals surface area contributed by atoms with Crippen molar-refractivity contribution in [2.24, 2.45) is 0 Å². The zero-order chi connectivity index (χ0) is 18.7. The number of anilines is 1. The molecule has 1 aliphatic heterocycles. The third kappa shape index (κ3) is 3.76. The van der Waals surface area contributed by atoms with Gasteiger partial charge in [-0.05, 0) is 26.8 Å². The van der Waals surface area contributed by atoms with Crippen LogP contribution in [0.2, 0.25) is 0 Å². The van der Waals surface area contributed by atoms with Crippen LogP contribution in [0.4, 0.5) is 5.82 Å². The van der Waals surface area contributed by atoms with Crippen LogP contribution < -0.4 is 10.5 Å². The van der Waals surface area contributed by atoms with Gasteiger partial charge in [-0.3, -0.25) is 9.59 Å². The van der Waals surface area contributed by atoms with Gasteiger partial charge in [0.15, 0.2) is 0 Å². The van der Waals surface area contributed by atoms with Crippen LogP contribution in [-0.2, 0) is 11.3 Å². The van der Waals surface area contributed by atoms with Crippen LogP contribution in [0.15, 0.2) is 29.3 Å². The monoisotopic (exact) mass is 355 g/mol. The van der Waals surface area contributed by atoms with Gasteiger partial charge in [-0.1, -0.05) is 6.07 Å². The molecule has 3 heterocycles. The third-order valence-corrected chi connectivity index (χ3v) is 5.06. The largest absolute Gasteiger partial charge is 0.353 e. The molecule has 0 aliphatic carbocycles. The molecule has 7 heteroatoms. The molecule has 0 radical (unpaired) electrons. The fraction of sp³-hybridized carbons (Fsp3) is 0.474. The number of rotatable bonds is 4. The fourth-order valence-electron chi connectivity index (χ4n) is 3.29. The SMILES string of the molecule is Cc1ncnc(N2CCN(C(=O)CCn3c(C)cccc3=O)CC2)c1C. The molecule has 0 unspecified atom stereocenters. The zero-order valence-corrected chi connectivity index (χ0v) is 15.6. The Bertz CT molecular complexity index is 853. The summed E-state index contributed by atoms with van der Waals surface area (Å²) in [5, 5.41) is 0. The predicted molar refractivity (Wildman–Crippen MR) is 100 cm³/mol. The predicted octanol–water partition coefficient (Wildman–Crippen LogP) is 1.30. The van der Waals surface area contributed by atoms with Crippen LogP contribution in [0, 0.1) is 20.8 Å². The first kappa shape index (κ1) is 18.1. The van der Waals surface area contributed by atoms with Crippen LogP contribution in [0.1, 0.15) is 23.4 Å². The Kier molecular flexibility index (Phi) is 5.35. The maximum absolute atomic E-state index is 12.5. The average Bonchev–Trinajstić information content (AvgIpc) is 2.63. The Hall–Kier alpha value is -2.70. The molecule has 0 saturated carbocycles. The first-order valence-corrected chi connectivity index (χ1v) is 8.94. The van der Waals surface area contributed by atoms with Crippen molar-refractivity contribution in [3.63, 3.8) is 0 Å². The Morgan fingerprint density at radius 2 is 1.81 bits per heavy atom. The van der Waals surface area contributed by atoms with Crippen molar-refractivity contribution in [3.05, 3.63) is 51.8 Å². The minimum atomic E-state index is -0.0581. The van der Waals surface area contributed by atoms with Gasteiger partial charge in [-0.2, -0.15) is 0 Å². The second-order valence-electron chi connectivity index (χ2n) is 6.68. The molecule has 1 saturated heterocycles. The molecule has 2 aromatic rings. The van der Waals surface area contributed by atoms with Crippen molar-refractivity contribution in [3.8, 4) is 0 Å². The lowest BCUT2D eigenvalue weighted by molar-refractivity contribution is -0.131. The molecule has 138 valence electrons. The molecule has 0 aromatic carbocycles. The number of hydrogen-bond acceptors (Lipinski definition) is 5. The lowest BCUT2D eigenvalue weighted by Gasteiger charge is -2.36. The Balaban J connectivity index is 1.57. The number of pyridine rings is 1. The van der Waals surface area contributed by atoms with Gasteiger partial charge in [0, 0.05) is 62.2 Å². The second kappa shape index (κ2) is 7.68. The summed E-state index contributed by atoms with van der Waals surface area (Å²) in [6, 6.07) is 5.16. The van der Waals surface area contributed by atoms with Crippen LogP contribution in [0.3, 0.4) is 0 Å². The highest BCUT2D eigenvalue weighted by atomic mass is 16.2. The quantitative estimate of drug-likeness (QED) is 0.827. The summed E-state index contributed by atoms with van der Waals surface area (Å²) in [5.41, 5.74) is 2.89. The van der Waals surface area contributed by atoms with Gasteiger partial charge >= 0.3 is 0 Å². The number of nitrogens with zero attached hydrogens (tertiary/aromatic N) is 5. The Labute approximate surface area is 153 Å². The molecule has 1 fully saturated rings. The van der Waals surface area contributed by atoms with Crippen LogP contribution in [0.25, 0.3) is 0 Å². The lowest BCUT2D eigenvalue weighted by Crippen LogP contribution is -2.49. The second-order valence-corrected chi connectivity index (χ2v) is 6.68. The van der Waals surface area contributed by atoms with E-state index in [1.165, 1.54) is 6.07 Å². The van der Waals surface area contributed by atoms with Crippen molar-refractivity contribution in [1.82, 2.24) is 19.4 Å². The van der Waals surface area contributed by atoms with E-state index in [0.717, 1.165) is 35.9 Å².